The number of ether oxygens (including phenoxy) is 1. The third kappa shape index (κ3) is 3.81. The van der Waals surface area contributed by atoms with Gasteiger partial charge in [0.25, 0.3) is 5.19 Å². The van der Waals surface area contributed by atoms with Crippen molar-refractivity contribution in [2.75, 3.05) is 0 Å². The number of aryl methyl sites for hydroxylation is 2. The number of aromatic nitrogens is 4. The van der Waals surface area contributed by atoms with E-state index in [9.17, 15) is 13.6 Å². The standard InChI is InChI=1S/C20H16F2N4O2S/c1-12-13(2)29-19(24-12)28-15-8-6-14(7-9-15)26-20(27)25(11-23-26)10-16-17(21)4-3-5-18(16)22/h3-9,11H,10H2,1-2H3. The smallest absolute Gasteiger partial charge is 0.350 e. The molecule has 0 aliphatic rings. The van der Waals surface area contributed by atoms with E-state index in [0.29, 0.717) is 16.6 Å². The monoisotopic (exact) mass is 414 g/mol. The molecule has 0 saturated carbocycles. The van der Waals surface area contributed by atoms with Gasteiger partial charge in [0, 0.05) is 10.4 Å². The highest BCUT2D eigenvalue weighted by Crippen LogP contribution is 2.28. The van der Waals surface area contributed by atoms with E-state index in [4.69, 9.17) is 4.74 Å². The molecular formula is C20H16F2N4O2S. The summed E-state index contributed by atoms with van der Waals surface area (Å²) in [4.78, 5) is 18.0. The molecule has 0 bridgehead atoms. The van der Waals surface area contributed by atoms with E-state index in [1.165, 1.54) is 23.7 Å². The molecule has 4 rings (SSSR count). The lowest BCUT2D eigenvalue weighted by Gasteiger charge is -2.05. The van der Waals surface area contributed by atoms with Gasteiger partial charge < -0.3 is 4.74 Å². The fraction of sp³-hybridized carbons (Fsp3) is 0.150. The highest BCUT2D eigenvalue weighted by Gasteiger charge is 2.13. The summed E-state index contributed by atoms with van der Waals surface area (Å²) in [7, 11) is 0. The van der Waals surface area contributed by atoms with Crippen molar-refractivity contribution in [1.82, 2.24) is 19.3 Å². The van der Waals surface area contributed by atoms with Gasteiger partial charge in [-0.2, -0.15) is 9.78 Å². The predicted molar refractivity (Wildman–Crippen MR) is 105 cm³/mol. The van der Waals surface area contributed by atoms with E-state index >= 15 is 0 Å². The fourth-order valence-electron chi connectivity index (χ4n) is 2.72. The number of hydrogen-bond acceptors (Lipinski definition) is 5. The van der Waals surface area contributed by atoms with E-state index < -0.39 is 17.3 Å². The van der Waals surface area contributed by atoms with Gasteiger partial charge >= 0.3 is 5.69 Å². The lowest BCUT2D eigenvalue weighted by Crippen LogP contribution is -2.24. The Labute approximate surface area is 168 Å². The first-order chi connectivity index (χ1) is 13.9. The Bertz CT molecular complexity index is 1190. The quantitative estimate of drug-likeness (QED) is 0.490. The highest BCUT2D eigenvalue weighted by atomic mass is 32.1. The zero-order valence-corrected chi connectivity index (χ0v) is 16.4. The lowest BCUT2D eigenvalue weighted by molar-refractivity contribution is 0.477. The van der Waals surface area contributed by atoms with Crippen LogP contribution in [0, 0.1) is 25.5 Å². The zero-order valence-electron chi connectivity index (χ0n) is 15.6. The molecule has 6 nitrogen and oxygen atoms in total. The van der Waals surface area contributed by atoms with Gasteiger partial charge in [-0.1, -0.05) is 17.4 Å². The molecule has 0 saturated heterocycles. The molecule has 9 heteroatoms. The largest absolute Gasteiger partial charge is 0.431 e. The molecule has 0 atom stereocenters. The third-order valence-corrected chi connectivity index (χ3v) is 5.37. The fourth-order valence-corrected chi connectivity index (χ4v) is 3.49. The zero-order chi connectivity index (χ0) is 20.5. The minimum Gasteiger partial charge on any atom is -0.431 e. The van der Waals surface area contributed by atoms with E-state index in [1.54, 1.807) is 24.3 Å². The first kappa shape index (κ1) is 19.0. The summed E-state index contributed by atoms with van der Waals surface area (Å²) in [5, 5.41) is 4.58. The van der Waals surface area contributed by atoms with Gasteiger partial charge in [-0.15, -0.1) is 0 Å². The summed E-state index contributed by atoms with van der Waals surface area (Å²) in [6.45, 7) is 3.64. The minimum atomic E-state index is -0.709. The van der Waals surface area contributed by atoms with Crippen molar-refractivity contribution < 1.29 is 13.5 Å². The van der Waals surface area contributed by atoms with Crippen LogP contribution in [0.1, 0.15) is 16.1 Å². The summed E-state index contributed by atoms with van der Waals surface area (Å²) in [6.07, 6.45) is 1.25. The minimum absolute atomic E-state index is 0.188. The molecule has 29 heavy (non-hydrogen) atoms. The Morgan fingerprint density at radius 3 is 2.38 bits per heavy atom. The van der Waals surface area contributed by atoms with E-state index in [-0.39, 0.29) is 12.1 Å². The number of nitrogens with zero attached hydrogens (tertiary/aromatic N) is 4. The van der Waals surface area contributed by atoms with Crippen LogP contribution in [0.15, 0.2) is 53.6 Å². The maximum atomic E-state index is 13.8. The topological polar surface area (TPSA) is 61.9 Å². The second-order valence-corrected chi connectivity index (χ2v) is 7.54. The molecule has 0 radical (unpaired) electrons. The van der Waals surface area contributed by atoms with Gasteiger partial charge in [0.05, 0.1) is 17.9 Å². The average Bonchev–Trinajstić information content (AvgIpc) is 3.21. The highest BCUT2D eigenvalue weighted by molar-refractivity contribution is 7.13. The van der Waals surface area contributed by atoms with Crippen LogP contribution in [0.2, 0.25) is 0 Å². The van der Waals surface area contributed by atoms with E-state index in [2.05, 4.69) is 10.1 Å². The Balaban J connectivity index is 1.55. The normalized spacial score (nSPS) is 11.0. The summed E-state index contributed by atoms with van der Waals surface area (Å²) < 4.78 is 35.7. The van der Waals surface area contributed by atoms with E-state index in [1.807, 2.05) is 13.8 Å². The van der Waals surface area contributed by atoms with Crippen LogP contribution >= 0.6 is 11.3 Å². The van der Waals surface area contributed by atoms with Gasteiger partial charge in [-0.05, 0) is 50.2 Å². The van der Waals surface area contributed by atoms with Gasteiger partial charge in [-0.25, -0.2) is 18.6 Å². The van der Waals surface area contributed by atoms with E-state index in [0.717, 1.165) is 32.0 Å². The Kier molecular flexibility index (Phi) is 4.98. The summed E-state index contributed by atoms with van der Waals surface area (Å²) in [6, 6.07) is 10.3. The Morgan fingerprint density at radius 2 is 1.76 bits per heavy atom. The molecule has 0 spiro atoms. The molecule has 0 fully saturated rings. The van der Waals surface area contributed by atoms with Crippen LogP contribution in [0.5, 0.6) is 10.9 Å². The van der Waals surface area contributed by atoms with Crippen molar-refractivity contribution in [3.05, 3.63) is 87.0 Å². The maximum Gasteiger partial charge on any atom is 0.350 e. The van der Waals surface area contributed by atoms with Crippen molar-refractivity contribution in [1.29, 1.82) is 0 Å². The first-order valence-electron chi connectivity index (χ1n) is 8.72. The third-order valence-electron chi connectivity index (χ3n) is 4.42. The van der Waals surface area contributed by atoms with Crippen LogP contribution in [-0.4, -0.2) is 19.3 Å². The molecule has 0 N–H and O–H groups in total. The molecule has 0 aliphatic heterocycles. The average molecular weight is 414 g/mol. The van der Waals surface area contributed by atoms with Crippen molar-refractivity contribution in [3.63, 3.8) is 0 Å². The number of benzene rings is 2. The van der Waals surface area contributed by atoms with Crippen LogP contribution in [0.3, 0.4) is 0 Å². The number of hydrogen-bond donors (Lipinski definition) is 0. The Hall–Kier alpha value is -3.33. The van der Waals surface area contributed by atoms with Crippen LogP contribution in [0.4, 0.5) is 8.78 Å². The van der Waals surface area contributed by atoms with Gasteiger partial charge in [0.15, 0.2) is 0 Å². The summed E-state index contributed by atoms with van der Waals surface area (Å²) in [5.41, 5.74) is 0.728. The number of halogens is 2. The molecule has 2 heterocycles. The molecule has 0 amide bonds. The lowest BCUT2D eigenvalue weighted by atomic mass is 10.2. The van der Waals surface area contributed by atoms with Crippen LogP contribution < -0.4 is 10.4 Å². The second-order valence-electron chi connectivity index (χ2n) is 6.37. The van der Waals surface area contributed by atoms with Gasteiger partial charge in [-0.3, -0.25) is 4.57 Å². The maximum absolute atomic E-state index is 13.8. The van der Waals surface area contributed by atoms with Crippen LogP contribution in [-0.2, 0) is 6.54 Å². The molecule has 0 unspecified atom stereocenters. The summed E-state index contributed by atoms with van der Waals surface area (Å²) >= 11 is 1.45. The molecule has 0 aliphatic carbocycles. The molecular weight excluding hydrogens is 398 g/mol. The molecule has 2 aromatic heterocycles. The molecule has 148 valence electrons. The second kappa shape index (κ2) is 7.59. The van der Waals surface area contributed by atoms with Gasteiger partial charge in [0.2, 0.25) is 0 Å². The Morgan fingerprint density at radius 1 is 1.07 bits per heavy atom. The predicted octanol–water partition coefficient (Wildman–Crippen LogP) is 4.23. The van der Waals surface area contributed by atoms with Crippen molar-refractivity contribution in [3.8, 4) is 16.6 Å². The molecule has 4 aromatic rings. The van der Waals surface area contributed by atoms with Gasteiger partial charge in [0.1, 0.15) is 23.7 Å². The number of rotatable bonds is 5. The van der Waals surface area contributed by atoms with Crippen molar-refractivity contribution >= 4 is 11.3 Å². The summed E-state index contributed by atoms with van der Waals surface area (Å²) in [5.74, 6) is -0.846. The number of thiazole rings is 1. The molecule has 2 aromatic carbocycles. The first-order valence-corrected chi connectivity index (χ1v) is 9.53. The van der Waals surface area contributed by atoms with Crippen molar-refractivity contribution in [2.24, 2.45) is 0 Å². The van der Waals surface area contributed by atoms with Crippen molar-refractivity contribution in [2.45, 2.75) is 20.4 Å². The SMILES string of the molecule is Cc1nc(Oc2ccc(-n3ncn(Cc4c(F)cccc4F)c3=O)cc2)sc1C. The van der Waals surface area contributed by atoms with Crippen LogP contribution in [0.25, 0.3) is 5.69 Å².